The van der Waals surface area contributed by atoms with Crippen LogP contribution in [0.4, 0.5) is 4.39 Å². The average Bonchev–Trinajstić information content (AvgIpc) is 2.81. The number of hydrogen-bond acceptors (Lipinski definition) is 2. The number of halogens is 1. The van der Waals surface area contributed by atoms with Crippen molar-refractivity contribution in [1.29, 1.82) is 0 Å². The summed E-state index contributed by atoms with van der Waals surface area (Å²) in [6.07, 6.45) is 1.14. The second kappa shape index (κ2) is 3.32. The second-order valence-electron chi connectivity index (χ2n) is 4.71. The third-order valence-electron chi connectivity index (χ3n) is 3.48. The lowest BCUT2D eigenvalue weighted by Crippen LogP contribution is -2.12. The molecule has 0 bridgehead atoms. The van der Waals surface area contributed by atoms with Gasteiger partial charge in [-0.1, -0.05) is 19.1 Å². The molecule has 1 aliphatic rings. The zero-order valence-electron chi connectivity index (χ0n) is 9.11. The number of furan rings is 1. The Kier molecular flexibility index (Phi) is 2.04. The standard InChI is InChI=1S/C13H14FNO/c1-7-5-9(7)12(15)11-6-8-3-2-4-10(14)13(8)16-11/h2-4,6-7,9,12H,5,15H2,1H3. The molecule has 1 aromatic carbocycles. The first kappa shape index (κ1) is 9.85. The van der Waals surface area contributed by atoms with E-state index in [-0.39, 0.29) is 11.9 Å². The molecule has 0 amide bonds. The predicted molar refractivity (Wildman–Crippen MR) is 60.4 cm³/mol. The van der Waals surface area contributed by atoms with Crippen molar-refractivity contribution in [2.45, 2.75) is 19.4 Å². The van der Waals surface area contributed by atoms with Crippen LogP contribution in [0.2, 0.25) is 0 Å². The van der Waals surface area contributed by atoms with E-state index >= 15 is 0 Å². The van der Waals surface area contributed by atoms with Gasteiger partial charge in [0.2, 0.25) is 0 Å². The van der Waals surface area contributed by atoms with Crippen molar-refractivity contribution in [2.24, 2.45) is 17.6 Å². The molecule has 3 atom stereocenters. The fourth-order valence-corrected chi connectivity index (χ4v) is 2.27. The van der Waals surface area contributed by atoms with Crippen LogP contribution < -0.4 is 5.73 Å². The van der Waals surface area contributed by atoms with Crippen LogP contribution in [0.3, 0.4) is 0 Å². The molecule has 16 heavy (non-hydrogen) atoms. The third-order valence-corrected chi connectivity index (χ3v) is 3.48. The van der Waals surface area contributed by atoms with E-state index in [1.165, 1.54) is 6.07 Å². The summed E-state index contributed by atoms with van der Waals surface area (Å²) in [6.45, 7) is 2.17. The first-order valence-electron chi connectivity index (χ1n) is 5.60. The Morgan fingerprint density at radius 2 is 2.25 bits per heavy atom. The summed E-state index contributed by atoms with van der Waals surface area (Å²) in [5.74, 6) is 1.53. The van der Waals surface area contributed by atoms with Crippen LogP contribution in [-0.2, 0) is 0 Å². The Balaban J connectivity index is 2.02. The van der Waals surface area contributed by atoms with Gasteiger partial charge in [0.05, 0.1) is 6.04 Å². The Hall–Kier alpha value is -1.35. The summed E-state index contributed by atoms with van der Waals surface area (Å²) in [4.78, 5) is 0. The normalized spacial score (nSPS) is 25.9. The van der Waals surface area contributed by atoms with Gasteiger partial charge < -0.3 is 10.2 Å². The Morgan fingerprint density at radius 1 is 1.50 bits per heavy atom. The van der Waals surface area contributed by atoms with E-state index in [1.54, 1.807) is 6.07 Å². The van der Waals surface area contributed by atoms with Crippen molar-refractivity contribution < 1.29 is 8.81 Å². The van der Waals surface area contributed by atoms with Crippen molar-refractivity contribution in [3.8, 4) is 0 Å². The van der Waals surface area contributed by atoms with Crippen LogP contribution in [0.15, 0.2) is 28.7 Å². The maximum atomic E-state index is 13.4. The first-order valence-corrected chi connectivity index (χ1v) is 5.60. The molecule has 1 aromatic heterocycles. The lowest BCUT2D eigenvalue weighted by molar-refractivity contribution is 0.446. The number of para-hydroxylation sites is 1. The molecule has 0 radical (unpaired) electrons. The summed E-state index contributed by atoms with van der Waals surface area (Å²) < 4.78 is 18.9. The van der Waals surface area contributed by atoms with Crippen molar-refractivity contribution in [1.82, 2.24) is 0 Å². The SMILES string of the molecule is CC1CC1C(N)c1cc2cccc(F)c2o1. The first-order chi connectivity index (χ1) is 7.66. The van der Waals surface area contributed by atoms with E-state index in [1.807, 2.05) is 12.1 Å². The second-order valence-corrected chi connectivity index (χ2v) is 4.71. The summed E-state index contributed by atoms with van der Waals surface area (Å²) in [6, 6.07) is 6.69. The van der Waals surface area contributed by atoms with Crippen LogP contribution >= 0.6 is 0 Å². The maximum Gasteiger partial charge on any atom is 0.169 e. The molecule has 3 heteroatoms. The fourth-order valence-electron chi connectivity index (χ4n) is 2.27. The number of benzene rings is 1. The molecule has 0 spiro atoms. The predicted octanol–water partition coefficient (Wildman–Crippen LogP) is 3.23. The highest BCUT2D eigenvalue weighted by Gasteiger charge is 2.39. The molecule has 2 nitrogen and oxygen atoms in total. The Labute approximate surface area is 93.2 Å². The lowest BCUT2D eigenvalue weighted by atomic mass is 10.1. The largest absolute Gasteiger partial charge is 0.456 e. The topological polar surface area (TPSA) is 39.2 Å². The zero-order chi connectivity index (χ0) is 11.3. The van der Waals surface area contributed by atoms with E-state index in [0.717, 1.165) is 11.8 Å². The highest BCUT2D eigenvalue weighted by atomic mass is 19.1. The summed E-state index contributed by atoms with van der Waals surface area (Å²) in [7, 11) is 0. The van der Waals surface area contributed by atoms with Crippen LogP contribution in [0.5, 0.6) is 0 Å². The molecule has 1 fully saturated rings. The van der Waals surface area contributed by atoms with Crippen molar-refractivity contribution >= 4 is 11.0 Å². The summed E-state index contributed by atoms with van der Waals surface area (Å²) in [5.41, 5.74) is 6.41. The smallest absolute Gasteiger partial charge is 0.169 e. The zero-order valence-corrected chi connectivity index (χ0v) is 9.11. The van der Waals surface area contributed by atoms with Gasteiger partial charge in [0.15, 0.2) is 11.4 Å². The molecule has 84 valence electrons. The molecule has 1 saturated carbocycles. The minimum Gasteiger partial charge on any atom is -0.456 e. The Bertz CT molecular complexity index is 534. The molecule has 0 saturated heterocycles. The van der Waals surface area contributed by atoms with Gasteiger partial charge in [-0.05, 0) is 30.4 Å². The highest BCUT2D eigenvalue weighted by molar-refractivity contribution is 5.78. The van der Waals surface area contributed by atoms with Gasteiger partial charge in [0.1, 0.15) is 5.76 Å². The summed E-state index contributed by atoms with van der Waals surface area (Å²) in [5, 5.41) is 0.791. The van der Waals surface area contributed by atoms with Crippen LogP contribution in [0, 0.1) is 17.7 Å². The minimum absolute atomic E-state index is 0.0956. The van der Waals surface area contributed by atoms with E-state index in [9.17, 15) is 4.39 Å². The lowest BCUT2D eigenvalue weighted by Gasteiger charge is -2.05. The van der Waals surface area contributed by atoms with Crippen molar-refractivity contribution in [2.75, 3.05) is 0 Å². The maximum absolute atomic E-state index is 13.4. The van der Waals surface area contributed by atoms with Crippen LogP contribution in [-0.4, -0.2) is 0 Å². The molecular weight excluding hydrogens is 205 g/mol. The van der Waals surface area contributed by atoms with E-state index in [0.29, 0.717) is 23.2 Å². The molecule has 2 aromatic rings. The van der Waals surface area contributed by atoms with Crippen LogP contribution in [0.1, 0.15) is 25.1 Å². The van der Waals surface area contributed by atoms with Crippen molar-refractivity contribution in [3.63, 3.8) is 0 Å². The van der Waals surface area contributed by atoms with Gasteiger partial charge >= 0.3 is 0 Å². The van der Waals surface area contributed by atoms with Gasteiger partial charge in [-0.15, -0.1) is 0 Å². The molecular formula is C13H14FNO. The monoisotopic (exact) mass is 219 g/mol. The number of fused-ring (bicyclic) bond motifs is 1. The highest BCUT2D eigenvalue weighted by Crippen LogP contribution is 2.46. The van der Waals surface area contributed by atoms with Crippen molar-refractivity contribution in [3.05, 3.63) is 35.8 Å². The number of hydrogen-bond donors (Lipinski definition) is 1. The molecule has 0 aliphatic heterocycles. The number of nitrogens with two attached hydrogens (primary N) is 1. The molecule has 3 rings (SSSR count). The van der Waals surface area contributed by atoms with E-state index in [4.69, 9.17) is 10.2 Å². The van der Waals surface area contributed by atoms with E-state index < -0.39 is 0 Å². The fraction of sp³-hybridized carbons (Fsp3) is 0.385. The van der Waals surface area contributed by atoms with Gasteiger partial charge in [0.25, 0.3) is 0 Å². The average molecular weight is 219 g/mol. The molecule has 2 N–H and O–H groups in total. The quantitative estimate of drug-likeness (QED) is 0.842. The molecule has 3 unspecified atom stereocenters. The van der Waals surface area contributed by atoms with Gasteiger partial charge in [-0.3, -0.25) is 0 Å². The minimum atomic E-state index is -0.320. The van der Waals surface area contributed by atoms with Crippen LogP contribution in [0.25, 0.3) is 11.0 Å². The van der Waals surface area contributed by atoms with Gasteiger partial charge in [-0.2, -0.15) is 0 Å². The molecule has 1 aliphatic carbocycles. The van der Waals surface area contributed by atoms with Gasteiger partial charge in [0, 0.05) is 5.39 Å². The van der Waals surface area contributed by atoms with E-state index in [2.05, 4.69) is 6.92 Å². The Morgan fingerprint density at radius 3 is 2.88 bits per heavy atom. The van der Waals surface area contributed by atoms with Gasteiger partial charge in [-0.25, -0.2) is 4.39 Å². The molecule has 1 heterocycles. The number of rotatable bonds is 2. The summed E-state index contributed by atoms with van der Waals surface area (Å²) >= 11 is 0. The third kappa shape index (κ3) is 1.43.